The SMILES string of the molecule is Cc1nc2cc(S(=O)(=O)Nc3ccc(OC(C)C)cc3)ccc2o1. The molecule has 3 rings (SSSR count). The van der Waals surface area contributed by atoms with E-state index in [4.69, 9.17) is 9.15 Å². The van der Waals surface area contributed by atoms with Gasteiger partial charge in [-0.3, -0.25) is 4.72 Å². The summed E-state index contributed by atoms with van der Waals surface area (Å²) in [7, 11) is -3.70. The molecule has 7 heteroatoms. The topological polar surface area (TPSA) is 81.4 Å². The summed E-state index contributed by atoms with van der Waals surface area (Å²) in [6.07, 6.45) is 0.0604. The van der Waals surface area contributed by atoms with Crippen LogP contribution in [-0.4, -0.2) is 19.5 Å². The largest absolute Gasteiger partial charge is 0.491 e. The number of sulfonamides is 1. The van der Waals surface area contributed by atoms with Gasteiger partial charge >= 0.3 is 0 Å². The zero-order valence-corrected chi connectivity index (χ0v) is 14.4. The van der Waals surface area contributed by atoms with Crippen LogP contribution in [0.25, 0.3) is 11.1 Å². The van der Waals surface area contributed by atoms with Crippen LogP contribution in [0.15, 0.2) is 51.8 Å². The molecule has 0 amide bonds. The normalized spacial score (nSPS) is 11.8. The minimum Gasteiger partial charge on any atom is -0.491 e. The minimum absolute atomic E-state index is 0.0604. The number of rotatable bonds is 5. The van der Waals surface area contributed by atoms with Gasteiger partial charge in [0.1, 0.15) is 11.3 Å². The fraction of sp³-hybridized carbons (Fsp3) is 0.235. The van der Waals surface area contributed by atoms with Gasteiger partial charge in [-0.25, -0.2) is 13.4 Å². The van der Waals surface area contributed by atoms with E-state index in [1.54, 1.807) is 37.3 Å². The van der Waals surface area contributed by atoms with E-state index in [0.29, 0.717) is 28.4 Å². The van der Waals surface area contributed by atoms with Gasteiger partial charge in [0.25, 0.3) is 10.0 Å². The van der Waals surface area contributed by atoms with E-state index in [9.17, 15) is 8.42 Å². The molecule has 1 aromatic heterocycles. The summed E-state index contributed by atoms with van der Waals surface area (Å²) in [6.45, 7) is 5.57. The first kappa shape index (κ1) is 16.3. The number of hydrogen-bond acceptors (Lipinski definition) is 5. The number of anilines is 1. The van der Waals surface area contributed by atoms with Crippen LogP contribution in [-0.2, 0) is 10.0 Å². The third-order valence-electron chi connectivity index (χ3n) is 3.25. The molecule has 0 aliphatic heterocycles. The lowest BCUT2D eigenvalue weighted by molar-refractivity contribution is 0.242. The van der Waals surface area contributed by atoms with Crippen molar-refractivity contribution in [3.8, 4) is 5.75 Å². The highest BCUT2D eigenvalue weighted by Gasteiger charge is 2.16. The quantitative estimate of drug-likeness (QED) is 0.761. The first-order valence-electron chi connectivity index (χ1n) is 7.50. The number of nitrogens with one attached hydrogen (secondary N) is 1. The highest BCUT2D eigenvalue weighted by molar-refractivity contribution is 7.92. The Hall–Kier alpha value is -2.54. The van der Waals surface area contributed by atoms with Crippen molar-refractivity contribution in [3.63, 3.8) is 0 Å². The number of oxazole rings is 1. The van der Waals surface area contributed by atoms with Crippen LogP contribution in [0.4, 0.5) is 5.69 Å². The van der Waals surface area contributed by atoms with Crippen molar-refractivity contribution in [2.75, 3.05) is 4.72 Å². The van der Waals surface area contributed by atoms with Crippen LogP contribution in [0.5, 0.6) is 5.75 Å². The van der Waals surface area contributed by atoms with Gasteiger partial charge in [0.15, 0.2) is 11.5 Å². The van der Waals surface area contributed by atoms with Crippen LogP contribution in [0.2, 0.25) is 0 Å². The number of hydrogen-bond donors (Lipinski definition) is 1. The molecule has 0 aliphatic carbocycles. The van der Waals surface area contributed by atoms with E-state index >= 15 is 0 Å². The zero-order valence-electron chi connectivity index (χ0n) is 13.6. The lowest BCUT2D eigenvalue weighted by atomic mass is 10.3. The molecule has 0 bridgehead atoms. The summed E-state index contributed by atoms with van der Waals surface area (Å²) in [4.78, 5) is 4.29. The molecule has 0 spiro atoms. The van der Waals surface area contributed by atoms with Crippen LogP contribution in [0.1, 0.15) is 19.7 Å². The highest BCUT2D eigenvalue weighted by atomic mass is 32.2. The second-order valence-electron chi connectivity index (χ2n) is 5.66. The van der Waals surface area contributed by atoms with E-state index in [1.165, 1.54) is 12.1 Å². The van der Waals surface area contributed by atoms with Crippen molar-refractivity contribution in [2.45, 2.75) is 31.8 Å². The predicted octanol–water partition coefficient (Wildman–Crippen LogP) is 3.72. The van der Waals surface area contributed by atoms with Crippen LogP contribution < -0.4 is 9.46 Å². The summed E-state index contributed by atoms with van der Waals surface area (Å²) in [5.41, 5.74) is 1.53. The Morgan fingerprint density at radius 1 is 1.12 bits per heavy atom. The van der Waals surface area contributed by atoms with Gasteiger partial charge in [-0.15, -0.1) is 0 Å². The molecule has 0 aliphatic rings. The van der Waals surface area contributed by atoms with Gasteiger partial charge in [0, 0.05) is 12.6 Å². The lowest BCUT2D eigenvalue weighted by Crippen LogP contribution is -2.13. The van der Waals surface area contributed by atoms with Crippen LogP contribution in [0.3, 0.4) is 0 Å². The van der Waals surface area contributed by atoms with Gasteiger partial charge in [0.2, 0.25) is 0 Å². The molecular weight excluding hydrogens is 328 g/mol. The molecule has 3 aromatic rings. The van der Waals surface area contributed by atoms with Gasteiger partial charge in [-0.2, -0.15) is 0 Å². The summed E-state index contributed by atoms with van der Waals surface area (Å²) >= 11 is 0. The monoisotopic (exact) mass is 346 g/mol. The summed E-state index contributed by atoms with van der Waals surface area (Å²) in [5, 5.41) is 0. The first-order valence-corrected chi connectivity index (χ1v) is 8.98. The highest BCUT2D eigenvalue weighted by Crippen LogP contribution is 2.23. The molecule has 6 nitrogen and oxygen atoms in total. The number of aryl methyl sites for hydroxylation is 1. The number of ether oxygens (including phenoxy) is 1. The molecule has 1 N–H and O–H groups in total. The van der Waals surface area contributed by atoms with Gasteiger partial charge in [0.05, 0.1) is 11.0 Å². The standard InChI is InChI=1S/C17H18N2O4S/c1-11(2)22-14-6-4-13(5-7-14)19-24(20,21)15-8-9-17-16(10-15)18-12(3)23-17/h4-11,19H,1-3H3. The third-order valence-corrected chi connectivity index (χ3v) is 4.63. The van der Waals surface area contributed by atoms with Crippen molar-refractivity contribution in [2.24, 2.45) is 0 Å². The molecule has 0 atom stereocenters. The molecule has 0 saturated heterocycles. The lowest BCUT2D eigenvalue weighted by Gasteiger charge is -2.11. The maximum Gasteiger partial charge on any atom is 0.261 e. The third kappa shape index (κ3) is 3.51. The van der Waals surface area contributed by atoms with Crippen LogP contribution in [0, 0.1) is 6.92 Å². The molecule has 2 aromatic carbocycles. The molecule has 24 heavy (non-hydrogen) atoms. The second-order valence-corrected chi connectivity index (χ2v) is 7.34. The minimum atomic E-state index is -3.70. The summed E-state index contributed by atoms with van der Waals surface area (Å²) < 4.78 is 38.5. The number of benzene rings is 2. The van der Waals surface area contributed by atoms with E-state index in [1.807, 2.05) is 13.8 Å². The van der Waals surface area contributed by atoms with Gasteiger partial charge in [-0.05, 0) is 56.3 Å². The molecular formula is C17H18N2O4S. The maximum atomic E-state index is 12.5. The summed E-state index contributed by atoms with van der Waals surface area (Å²) in [6, 6.07) is 11.4. The molecule has 0 radical (unpaired) electrons. The van der Waals surface area contributed by atoms with Crippen molar-refractivity contribution < 1.29 is 17.6 Å². The number of nitrogens with zero attached hydrogens (tertiary/aromatic N) is 1. The Kier molecular flexibility index (Phi) is 4.19. The number of aromatic nitrogens is 1. The van der Waals surface area contributed by atoms with E-state index in [0.717, 1.165) is 0 Å². The maximum absolute atomic E-state index is 12.5. The predicted molar refractivity (Wildman–Crippen MR) is 91.8 cm³/mol. The first-order chi connectivity index (χ1) is 11.3. The average Bonchev–Trinajstić information content (AvgIpc) is 2.87. The average molecular weight is 346 g/mol. The molecule has 0 unspecified atom stereocenters. The Morgan fingerprint density at radius 3 is 2.50 bits per heavy atom. The molecule has 1 heterocycles. The van der Waals surface area contributed by atoms with E-state index in [-0.39, 0.29) is 11.0 Å². The Bertz CT molecular complexity index is 960. The van der Waals surface area contributed by atoms with Crippen molar-refractivity contribution in [1.82, 2.24) is 4.98 Å². The Morgan fingerprint density at radius 2 is 1.83 bits per heavy atom. The fourth-order valence-electron chi connectivity index (χ4n) is 2.28. The van der Waals surface area contributed by atoms with E-state index in [2.05, 4.69) is 9.71 Å². The number of fused-ring (bicyclic) bond motifs is 1. The van der Waals surface area contributed by atoms with Gasteiger partial charge < -0.3 is 9.15 Å². The Labute approximate surface area is 140 Å². The van der Waals surface area contributed by atoms with E-state index < -0.39 is 10.0 Å². The fourth-order valence-corrected chi connectivity index (χ4v) is 3.36. The molecule has 126 valence electrons. The van der Waals surface area contributed by atoms with Crippen molar-refractivity contribution >= 4 is 26.8 Å². The smallest absolute Gasteiger partial charge is 0.261 e. The summed E-state index contributed by atoms with van der Waals surface area (Å²) in [5.74, 6) is 1.18. The van der Waals surface area contributed by atoms with Gasteiger partial charge in [-0.1, -0.05) is 0 Å². The van der Waals surface area contributed by atoms with Crippen molar-refractivity contribution in [1.29, 1.82) is 0 Å². The van der Waals surface area contributed by atoms with Crippen LogP contribution >= 0.6 is 0 Å². The molecule has 0 saturated carbocycles. The second kappa shape index (κ2) is 6.16. The molecule has 0 fully saturated rings. The zero-order chi connectivity index (χ0) is 17.3. The van der Waals surface area contributed by atoms with Crippen molar-refractivity contribution in [3.05, 3.63) is 48.4 Å². The Balaban J connectivity index is 1.84.